The van der Waals surface area contributed by atoms with Crippen LogP contribution < -0.4 is 9.82 Å². The van der Waals surface area contributed by atoms with E-state index in [1.807, 2.05) is 13.8 Å². The number of ether oxygens (including phenoxy) is 4. The Kier molecular flexibility index (Phi) is 11.0. The van der Waals surface area contributed by atoms with Crippen LogP contribution in [0.3, 0.4) is 0 Å². The van der Waals surface area contributed by atoms with Gasteiger partial charge in [-0.05, 0) is 40.0 Å². The SMILES string of the molecule is COC(=O)COP(=O)(N[C@@H](CC(C)C)C(=O)OC(C)C)OC[C@H]1O[C@@H](n2cnc3c(OC)nc(C)nc32)[C@@](C)(F)C1O. The first-order valence-corrected chi connectivity index (χ1v) is 14.9. The first-order valence-electron chi connectivity index (χ1n) is 13.3. The van der Waals surface area contributed by atoms with Gasteiger partial charge in [0, 0.05) is 0 Å². The average Bonchev–Trinajstić information content (AvgIpc) is 3.42. The molecule has 6 atom stereocenters. The third kappa shape index (κ3) is 7.79. The monoisotopic (exact) mass is 619 g/mol. The highest BCUT2D eigenvalue weighted by atomic mass is 31.2. The normalized spacial score (nSPS) is 24.6. The van der Waals surface area contributed by atoms with Crippen LogP contribution in [0.2, 0.25) is 0 Å². The van der Waals surface area contributed by atoms with E-state index in [-0.39, 0.29) is 29.4 Å². The second-order valence-electron chi connectivity index (χ2n) is 10.7. The smallest absolute Gasteiger partial charge is 0.406 e. The zero-order valence-corrected chi connectivity index (χ0v) is 25.8. The summed E-state index contributed by atoms with van der Waals surface area (Å²) in [6.45, 7) is 8.31. The van der Waals surface area contributed by atoms with Crippen LogP contribution in [-0.2, 0) is 37.4 Å². The van der Waals surface area contributed by atoms with E-state index in [1.165, 1.54) is 18.0 Å². The number of esters is 2. The molecule has 42 heavy (non-hydrogen) atoms. The molecule has 2 unspecified atom stereocenters. The van der Waals surface area contributed by atoms with Crippen molar-refractivity contribution in [2.45, 2.75) is 84.2 Å². The molecule has 0 amide bonds. The van der Waals surface area contributed by atoms with E-state index in [0.29, 0.717) is 5.82 Å². The molecule has 2 aromatic heterocycles. The summed E-state index contributed by atoms with van der Waals surface area (Å²) >= 11 is 0. The van der Waals surface area contributed by atoms with Crippen LogP contribution in [0, 0.1) is 12.8 Å². The molecule has 0 aliphatic carbocycles. The quantitative estimate of drug-likeness (QED) is 0.232. The molecular weight excluding hydrogens is 580 g/mol. The van der Waals surface area contributed by atoms with E-state index in [9.17, 15) is 19.3 Å². The summed E-state index contributed by atoms with van der Waals surface area (Å²) < 4.78 is 62.8. The number of halogens is 1. The first kappa shape index (κ1) is 33.7. The second kappa shape index (κ2) is 13.7. The summed E-state index contributed by atoms with van der Waals surface area (Å²) in [7, 11) is -1.96. The van der Waals surface area contributed by atoms with Gasteiger partial charge in [0.15, 0.2) is 29.7 Å². The number of aromatic nitrogens is 4. The molecule has 1 saturated heterocycles. The number of nitrogens with zero attached hydrogens (tertiary/aromatic N) is 4. The van der Waals surface area contributed by atoms with Crippen molar-refractivity contribution in [2.24, 2.45) is 5.92 Å². The highest BCUT2D eigenvalue weighted by molar-refractivity contribution is 7.51. The molecule has 17 heteroatoms. The summed E-state index contributed by atoms with van der Waals surface area (Å²) in [5, 5.41) is 13.4. The van der Waals surface area contributed by atoms with Crippen LogP contribution in [0.5, 0.6) is 5.88 Å². The number of alkyl halides is 1. The third-order valence-electron chi connectivity index (χ3n) is 6.31. The summed E-state index contributed by atoms with van der Waals surface area (Å²) in [5.41, 5.74) is -1.93. The van der Waals surface area contributed by atoms with Crippen molar-refractivity contribution < 1.29 is 51.6 Å². The van der Waals surface area contributed by atoms with Crippen molar-refractivity contribution in [2.75, 3.05) is 27.4 Å². The zero-order valence-electron chi connectivity index (χ0n) is 24.9. The minimum absolute atomic E-state index is 0.0414. The van der Waals surface area contributed by atoms with E-state index < -0.39 is 69.1 Å². The molecule has 15 nitrogen and oxygen atoms in total. The summed E-state index contributed by atoms with van der Waals surface area (Å²) in [5.74, 6) is -1.10. The molecule has 3 rings (SSSR count). The fourth-order valence-corrected chi connectivity index (χ4v) is 5.75. The first-order chi connectivity index (χ1) is 19.6. The van der Waals surface area contributed by atoms with Gasteiger partial charge in [0.25, 0.3) is 0 Å². The molecule has 0 bridgehead atoms. The predicted octanol–water partition coefficient (Wildman–Crippen LogP) is 2.40. The molecule has 2 aromatic rings. The van der Waals surface area contributed by atoms with Gasteiger partial charge in [0.2, 0.25) is 5.88 Å². The lowest BCUT2D eigenvalue weighted by molar-refractivity contribution is -0.150. The van der Waals surface area contributed by atoms with E-state index in [4.69, 9.17) is 23.3 Å². The Hall–Kier alpha value is -2.75. The van der Waals surface area contributed by atoms with Gasteiger partial charge < -0.3 is 24.1 Å². The number of rotatable bonds is 14. The number of aryl methyl sites for hydroxylation is 1. The Morgan fingerprint density at radius 3 is 2.52 bits per heavy atom. The fraction of sp³-hybridized carbons (Fsp3) is 0.720. The Labute approximate surface area is 243 Å². The van der Waals surface area contributed by atoms with Gasteiger partial charge in [0.1, 0.15) is 24.1 Å². The topological polar surface area (TPSA) is 182 Å². The molecule has 1 aliphatic rings. The molecule has 3 heterocycles. The van der Waals surface area contributed by atoms with Gasteiger partial charge >= 0.3 is 19.7 Å². The summed E-state index contributed by atoms with van der Waals surface area (Å²) in [4.78, 5) is 37.2. The number of aliphatic hydroxyl groups is 1. The van der Waals surface area contributed by atoms with Crippen molar-refractivity contribution in [3.05, 3.63) is 12.2 Å². The van der Waals surface area contributed by atoms with Gasteiger partial charge in [-0.15, -0.1) is 0 Å². The van der Waals surface area contributed by atoms with Crippen molar-refractivity contribution in [3.8, 4) is 5.88 Å². The van der Waals surface area contributed by atoms with Gasteiger partial charge in [-0.2, -0.15) is 4.98 Å². The van der Waals surface area contributed by atoms with Gasteiger partial charge in [0.05, 0.1) is 33.3 Å². The maximum atomic E-state index is 16.0. The number of aliphatic hydroxyl groups excluding tert-OH is 1. The molecule has 1 aliphatic heterocycles. The lowest BCUT2D eigenvalue weighted by atomic mass is 9.98. The van der Waals surface area contributed by atoms with Crippen molar-refractivity contribution in [1.82, 2.24) is 24.6 Å². The standard InChI is InChI=1S/C25H39FN5O10P/c1-13(2)9-16(23(34)40-14(3)4)30-42(35,39-11-18(32)36-7)38-10-17-20(33)25(6,26)24(41-17)31-12-27-19-21(31)28-15(5)29-22(19)37-8/h12-14,16-17,20,24,33H,9-11H2,1-8H3,(H,30,35)/t16-,17+,20?,24+,25-,42?/m0/s1. The lowest BCUT2D eigenvalue weighted by Gasteiger charge is -2.27. The number of imidazole rings is 1. The Morgan fingerprint density at radius 2 is 1.93 bits per heavy atom. The highest BCUT2D eigenvalue weighted by Gasteiger charge is 2.56. The predicted molar refractivity (Wildman–Crippen MR) is 145 cm³/mol. The van der Waals surface area contributed by atoms with Gasteiger partial charge in [-0.25, -0.2) is 28.8 Å². The molecular formula is C25H39FN5O10P. The minimum Gasteiger partial charge on any atom is -0.479 e. The van der Waals surface area contributed by atoms with Crippen LogP contribution in [-0.4, -0.2) is 94.0 Å². The molecule has 0 radical (unpaired) electrons. The maximum Gasteiger partial charge on any atom is 0.406 e. The molecule has 1 fully saturated rings. The molecule has 0 saturated carbocycles. The van der Waals surface area contributed by atoms with Crippen LogP contribution >= 0.6 is 7.75 Å². The molecule has 236 valence electrons. The number of hydrogen-bond acceptors (Lipinski definition) is 13. The van der Waals surface area contributed by atoms with Gasteiger partial charge in [-0.1, -0.05) is 13.8 Å². The van der Waals surface area contributed by atoms with E-state index in [1.54, 1.807) is 20.8 Å². The minimum atomic E-state index is -4.47. The van der Waals surface area contributed by atoms with Crippen molar-refractivity contribution in [3.63, 3.8) is 0 Å². The van der Waals surface area contributed by atoms with Crippen molar-refractivity contribution >= 4 is 30.8 Å². The number of carbonyl (C=O) groups is 2. The van der Waals surface area contributed by atoms with Crippen LogP contribution in [0.15, 0.2) is 6.33 Å². The number of nitrogens with one attached hydrogen (secondary N) is 1. The lowest BCUT2D eigenvalue weighted by Crippen LogP contribution is -2.42. The zero-order chi connectivity index (χ0) is 31.4. The maximum absolute atomic E-state index is 16.0. The number of carbonyl (C=O) groups excluding carboxylic acids is 2. The second-order valence-corrected chi connectivity index (χ2v) is 12.4. The summed E-state index contributed by atoms with van der Waals surface area (Å²) in [6.07, 6.45) is -3.55. The Balaban J connectivity index is 1.86. The van der Waals surface area contributed by atoms with Crippen molar-refractivity contribution in [1.29, 1.82) is 0 Å². The number of hydrogen-bond donors (Lipinski definition) is 2. The van der Waals surface area contributed by atoms with Crippen LogP contribution in [0.4, 0.5) is 4.39 Å². The molecule has 2 N–H and O–H groups in total. The van der Waals surface area contributed by atoms with Crippen LogP contribution in [0.25, 0.3) is 11.2 Å². The van der Waals surface area contributed by atoms with E-state index >= 15 is 4.39 Å². The summed E-state index contributed by atoms with van der Waals surface area (Å²) in [6, 6.07) is -1.14. The fourth-order valence-electron chi connectivity index (χ4n) is 4.32. The Bertz CT molecular complexity index is 1310. The Morgan fingerprint density at radius 1 is 1.24 bits per heavy atom. The van der Waals surface area contributed by atoms with Crippen LogP contribution in [0.1, 0.15) is 53.1 Å². The third-order valence-corrected chi connectivity index (χ3v) is 7.90. The highest BCUT2D eigenvalue weighted by Crippen LogP contribution is 2.48. The largest absolute Gasteiger partial charge is 0.479 e. The van der Waals surface area contributed by atoms with Gasteiger partial charge in [-0.3, -0.25) is 18.4 Å². The number of fused-ring (bicyclic) bond motifs is 1. The molecule has 0 aromatic carbocycles. The van der Waals surface area contributed by atoms with E-state index in [0.717, 1.165) is 14.0 Å². The number of methoxy groups -OCH3 is 2. The molecule has 0 spiro atoms. The van der Waals surface area contributed by atoms with E-state index in [2.05, 4.69) is 24.8 Å². The average molecular weight is 620 g/mol.